The maximum absolute atomic E-state index is 11.3. The van der Waals surface area contributed by atoms with Crippen LogP contribution in [0.15, 0.2) is 347 Å². The molecule has 0 atom stereocenters. The minimum Gasteiger partial charge on any atom is -0.456 e. The number of rotatable bonds is 14. The molecule has 16 nitrogen and oxygen atoms in total. The van der Waals surface area contributed by atoms with Crippen molar-refractivity contribution in [1.29, 1.82) is 5.26 Å². The highest BCUT2D eigenvalue weighted by Gasteiger charge is 2.25. The lowest BCUT2D eigenvalue weighted by Crippen LogP contribution is -2.00. The molecule has 0 saturated carbocycles. The summed E-state index contributed by atoms with van der Waals surface area (Å²) in [5, 5.41) is 16.7. The molecule has 21 rings (SSSR count). The fourth-order valence-corrected chi connectivity index (χ4v) is 14.9. The Labute approximate surface area is 644 Å². The van der Waals surface area contributed by atoms with Crippen LogP contribution in [-0.4, -0.2) is 59.8 Å². The minimum absolute atomic E-state index is 0.418. The van der Waals surface area contributed by atoms with Gasteiger partial charge in [0.2, 0.25) is 0 Å². The number of furan rings is 3. The number of nitriles is 1. The highest BCUT2D eigenvalue weighted by atomic mass is 16.3. The SMILES string of the molecule is N#Cc1c(-c2ccc(-c3nc(-c4ccccc4)nc(-c4ccc5c(c4)oc4c(-c6nc(-c7ccccc7)nc(-c7ccccc7)n6)cccc45)n3)cc2)cccc1-c1cccc(-c2nc(-c3ccc4c(c3)oc3c(-c5nc(-c6ccccc6)nc(-c6ccccc6)n5)cccc34)nc(-c3cccc4oc5ccccc5c34)n2)c1. The third-order valence-electron chi connectivity index (χ3n) is 20.4. The number of benzene rings is 14. The largest absolute Gasteiger partial charge is 0.456 e. The van der Waals surface area contributed by atoms with Gasteiger partial charge in [-0.05, 0) is 65.7 Å². The Kier molecular flexibility index (Phi) is 15.8. The Morgan fingerprint density at radius 3 is 0.929 bits per heavy atom. The number of hydrogen-bond donors (Lipinski definition) is 0. The van der Waals surface area contributed by atoms with Crippen molar-refractivity contribution < 1.29 is 13.3 Å². The van der Waals surface area contributed by atoms with E-state index in [-0.39, 0.29) is 0 Å². The summed E-state index contributed by atoms with van der Waals surface area (Å²) < 4.78 is 20.2. The molecule has 0 bridgehead atoms. The Morgan fingerprint density at radius 2 is 0.478 bits per heavy atom. The lowest BCUT2D eigenvalue weighted by molar-refractivity contribution is 0.669. The molecule has 16 heteroatoms. The molecule has 21 aromatic rings. The maximum atomic E-state index is 11.3. The monoisotopic (exact) mass is 1450 g/mol. The van der Waals surface area contributed by atoms with Gasteiger partial charge in [0.1, 0.15) is 39.6 Å². The van der Waals surface area contributed by atoms with Crippen LogP contribution in [0.4, 0.5) is 0 Å². The van der Waals surface area contributed by atoms with Crippen LogP contribution in [0.1, 0.15) is 5.56 Å². The van der Waals surface area contributed by atoms with E-state index in [1.54, 1.807) is 0 Å². The number of hydrogen-bond acceptors (Lipinski definition) is 16. The second-order valence-corrected chi connectivity index (χ2v) is 27.3. The fourth-order valence-electron chi connectivity index (χ4n) is 14.9. The van der Waals surface area contributed by atoms with E-state index in [9.17, 15) is 5.26 Å². The van der Waals surface area contributed by atoms with Crippen molar-refractivity contribution in [1.82, 2.24) is 59.8 Å². The summed E-state index contributed by atoms with van der Waals surface area (Å²) in [5.74, 6) is 5.89. The van der Waals surface area contributed by atoms with Gasteiger partial charge in [-0.15, -0.1) is 0 Å². The average molecular weight is 1450 g/mol. The van der Waals surface area contributed by atoms with Gasteiger partial charge in [0.15, 0.2) is 69.9 Å². The summed E-state index contributed by atoms with van der Waals surface area (Å²) in [6.45, 7) is 0. The predicted octanol–water partition coefficient (Wildman–Crippen LogP) is 23.3. The molecule has 0 aliphatic heterocycles. The number of fused-ring (bicyclic) bond motifs is 9. The average Bonchev–Trinajstić information content (AvgIpc) is 1.61. The Morgan fingerprint density at radius 1 is 0.186 bits per heavy atom. The number of aromatic nitrogens is 12. The number of para-hydroxylation sites is 3. The van der Waals surface area contributed by atoms with Crippen LogP contribution in [0.25, 0.3) is 225 Å². The van der Waals surface area contributed by atoms with Crippen molar-refractivity contribution in [3.63, 3.8) is 0 Å². The first-order valence-electron chi connectivity index (χ1n) is 36.8. The molecule has 0 saturated heterocycles. The first-order chi connectivity index (χ1) is 55.9. The molecule has 113 heavy (non-hydrogen) atoms. The molecule has 0 N–H and O–H groups in total. The lowest BCUT2D eigenvalue weighted by atomic mass is 9.91. The van der Waals surface area contributed by atoms with E-state index in [1.165, 1.54) is 0 Å². The van der Waals surface area contributed by atoms with Gasteiger partial charge in [-0.3, -0.25) is 0 Å². The van der Waals surface area contributed by atoms with Crippen molar-refractivity contribution in [2.45, 2.75) is 0 Å². The molecule has 526 valence electrons. The van der Waals surface area contributed by atoms with Crippen LogP contribution in [0.3, 0.4) is 0 Å². The molecule has 0 fully saturated rings. The zero-order valence-electron chi connectivity index (χ0n) is 59.8. The van der Waals surface area contributed by atoms with Gasteiger partial charge in [0, 0.05) is 99.1 Å². The summed E-state index contributed by atoms with van der Waals surface area (Å²) in [6, 6.07) is 112. The van der Waals surface area contributed by atoms with E-state index in [1.807, 2.05) is 328 Å². The Hall–Kier alpha value is -16.0. The van der Waals surface area contributed by atoms with E-state index < -0.39 is 0 Å². The smallest absolute Gasteiger partial charge is 0.167 e. The number of nitrogens with zero attached hydrogens (tertiary/aromatic N) is 13. The zero-order valence-corrected chi connectivity index (χ0v) is 59.8. The van der Waals surface area contributed by atoms with E-state index >= 15 is 0 Å². The topological polar surface area (TPSA) is 218 Å². The van der Waals surface area contributed by atoms with Gasteiger partial charge in [-0.25, -0.2) is 59.8 Å². The quantitative estimate of drug-likeness (QED) is 0.0988. The first-order valence-corrected chi connectivity index (χ1v) is 36.8. The molecule has 0 radical (unpaired) electrons. The summed E-state index contributed by atoms with van der Waals surface area (Å²) in [4.78, 5) is 61.4. The van der Waals surface area contributed by atoms with Crippen molar-refractivity contribution in [3.8, 4) is 165 Å². The van der Waals surface area contributed by atoms with Crippen LogP contribution in [-0.2, 0) is 0 Å². The predicted molar refractivity (Wildman–Crippen MR) is 443 cm³/mol. The van der Waals surface area contributed by atoms with Crippen molar-refractivity contribution in [2.75, 3.05) is 0 Å². The first kappa shape index (κ1) is 65.3. The lowest BCUT2D eigenvalue weighted by Gasteiger charge is -2.13. The van der Waals surface area contributed by atoms with Gasteiger partial charge in [-0.2, -0.15) is 5.26 Å². The van der Waals surface area contributed by atoms with Crippen LogP contribution in [0.2, 0.25) is 0 Å². The molecule has 7 aromatic heterocycles. The third kappa shape index (κ3) is 11.9. The van der Waals surface area contributed by atoms with Gasteiger partial charge >= 0.3 is 0 Å². The standard InChI is InChI=1S/C97H55N13O3/c98-56-78-68(57-45-47-63(48-46-57)91-99-86(58-23-6-1-7-24-58)102-93(103-91)66-49-51-70-72-38-20-41-76(84(72)112-81(70)54-66)96-105-87(59-25-8-2-9-26-59)100-88(106-96)60-27-10-3-11-28-60)36-19-37-69(78)64-33-18-34-65(53-64)92-104-94(110-95(109-92)75-40-22-44-80-83(75)74-35-16-17-43-79(74)111-80)67-50-52-71-73-39-21-42-77(85(73)113-82(71)55-67)97-107-89(61-29-12-4-13-30-61)101-90(108-97)62-31-14-5-15-32-62/h1-55H. The van der Waals surface area contributed by atoms with Gasteiger partial charge < -0.3 is 13.3 Å². The van der Waals surface area contributed by atoms with Crippen molar-refractivity contribution in [2.24, 2.45) is 0 Å². The van der Waals surface area contributed by atoms with E-state index in [2.05, 4.69) is 12.1 Å². The normalized spacial score (nSPS) is 11.5. The zero-order chi connectivity index (χ0) is 74.9. The minimum atomic E-state index is 0.418. The second-order valence-electron chi connectivity index (χ2n) is 27.3. The molecular weight excluding hydrogens is 1400 g/mol. The highest BCUT2D eigenvalue weighted by Crippen LogP contribution is 2.43. The van der Waals surface area contributed by atoms with Crippen LogP contribution >= 0.6 is 0 Å². The summed E-state index contributed by atoms with van der Waals surface area (Å²) in [7, 11) is 0. The molecule has 0 spiro atoms. The van der Waals surface area contributed by atoms with Gasteiger partial charge in [-0.1, -0.05) is 279 Å². The van der Waals surface area contributed by atoms with Gasteiger partial charge in [0.25, 0.3) is 0 Å². The molecule has 0 aliphatic rings. The summed E-state index contributed by atoms with van der Waals surface area (Å²) in [5.41, 5.74) is 17.0. The molecular formula is C97H55N13O3. The maximum Gasteiger partial charge on any atom is 0.167 e. The molecule has 0 amide bonds. The summed E-state index contributed by atoms with van der Waals surface area (Å²) >= 11 is 0. The Balaban J connectivity index is 0.628. The van der Waals surface area contributed by atoms with Crippen LogP contribution < -0.4 is 0 Å². The molecule has 0 unspecified atom stereocenters. The molecule has 14 aromatic carbocycles. The third-order valence-corrected chi connectivity index (χ3v) is 20.4. The van der Waals surface area contributed by atoms with E-state index in [0.717, 1.165) is 116 Å². The van der Waals surface area contributed by atoms with E-state index in [4.69, 9.17) is 73.1 Å². The second kappa shape index (κ2) is 27.4. The van der Waals surface area contributed by atoms with E-state index in [0.29, 0.717) is 114 Å². The molecule has 0 aliphatic carbocycles. The molecule has 7 heterocycles. The van der Waals surface area contributed by atoms with Crippen LogP contribution in [0.5, 0.6) is 0 Å². The van der Waals surface area contributed by atoms with Crippen molar-refractivity contribution >= 4 is 65.8 Å². The van der Waals surface area contributed by atoms with Crippen LogP contribution in [0, 0.1) is 11.3 Å². The Bertz CT molecular complexity index is 7260. The highest BCUT2D eigenvalue weighted by molar-refractivity contribution is 6.13. The van der Waals surface area contributed by atoms with Crippen molar-refractivity contribution in [3.05, 3.63) is 339 Å². The van der Waals surface area contributed by atoms with Gasteiger partial charge in [0.05, 0.1) is 16.7 Å². The summed E-state index contributed by atoms with van der Waals surface area (Å²) in [6.07, 6.45) is 0. The fraction of sp³-hybridized carbons (Fsp3) is 0.